The number of hydrogen-bond acceptors (Lipinski definition) is 2. The lowest BCUT2D eigenvalue weighted by atomic mass is 9.86. The molecule has 0 saturated carbocycles. The van der Waals surface area contributed by atoms with Crippen molar-refractivity contribution >= 4 is 27.3 Å². The summed E-state index contributed by atoms with van der Waals surface area (Å²) < 4.78 is 1.18. The molecular weight excluding hydrogens is 330 g/mol. The minimum absolute atomic E-state index is 0.268. The Morgan fingerprint density at radius 3 is 1.80 bits per heavy atom. The molecule has 1 N–H and O–H groups in total. The Morgan fingerprint density at radius 2 is 1.40 bits per heavy atom. The maximum atomic E-state index is 3.57. The summed E-state index contributed by atoms with van der Waals surface area (Å²) in [5, 5.41) is 3.49. The maximum Gasteiger partial charge on any atom is 0.0702 e. The smallest absolute Gasteiger partial charge is 0.0702 e. The van der Waals surface area contributed by atoms with Gasteiger partial charge in [0.15, 0.2) is 0 Å². The molecule has 1 aromatic carbocycles. The molecule has 0 amide bonds. The van der Waals surface area contributed by atoms with Crippen LogP contribution in [-0.2, 0) is 0 Å². The number of nitrogens with one attached hydrogen (secondary N) is 1. The molecule has 2 rings (SSSR count). The lowest BCUT2D eigenvalue weighted by Gasteiger charge is -2.25. The van der Waals surface area contributed by atoms with Crippen molar-refractivity contribution in [1.82, 2.24) is 5.32 Å². The van der Waals surface area contributed by atoms with Crippen molar-refractivity contribution in [3.63, 3.8) is 0 Å². The second-order valence-electron chi connectivity index (χ2n) is 5.40. The highest BCUT2D eigenvalue weighted by Gasteiger charge is 2.21. The van der Waals surface area contributed by atoms with Crippen LogP contribution in [0.15, 0.2) is 15.9 Å². The minimum atomic E-state index is 0.268. The summed E-state index contributed by atoms with van der Waals surface area (Å²) in [6.45, 7) is 11.2. The maximum absolute atomic E-state index is 3.57. The van der Waals surface area contributed by atoms with Crippen molar-refractivity contribution in [3.8, 4) is 0 Å². The summed E-state index contributed by atoms with van der Waals surface area (Å²) in [5.74, 6) is 0. The summed E-state index contributed by atoms with van der Waals surface area (Å²) in [6.07, 6.45) is 0. The van der Waals surface area contributed by atoms with Crippen molar-refractivity contribution in [1.29, 1.82) is 0 Å². The van der Waals surface area contributed by atoms with Gasteiger partial charge in [0.25, 0.3) is 0 Å². The van der Waals surface area contributed by atoms with Crippen molar-refractivity contribution < 1.29 is 0 Å². The standard InChI is InChI=1S/C17H22BrNS/c1-9-10(2)12(4)16(13(5)11(9)3)17(19-6)14-7-8-15(18)20-14/h7-8,17,19H,1-6H3. The van der Waals surface area contributed by atoms with Crippen LogP contribution in [0.1, 0.15) is 44.3 Å². The third kappa shape index (κ3) is 2.59. The average molecular weight is 352 g/mol. The van der Waals surface area contributed by atoms with Gasteiger partial charge < -0.3 is 5.32 Å². The van der Waals surface area contributed by atoms with Crippen LogP contribution in [0, 0.1) is 34.6 Å². The average Bonchev–Trinajstić information content (AvgIpc) is 2.85. The number of benzene rings is 1. The van der Waals surface area contributed by atoms with Gasteiger partial charge >= 0.3 is 0 Å². The Hall–Kier alpha value is -0.640. The molecule has 0 spiro atoms. The molecule has 20 heavy (non-hydrogen) atoms. The molecule has 108 valence electrons. The Kier molecular flexibility index (Phi) is 4.73. The van der Waals surface area contributed by atoms with Crippen LogP contribution in [0.3, 0.4) is 0 Å². The highest BCUT2D eigenvalue weighted by Crippen LogP contribution is 2.37. The number of hydrogen-bond donors (Lipinski definition) is 1. The lowest BCUT2D eigenvalue weighted by Crippen LogP contribution is -2.20. The molecule has 1 heterocycles. The fourth-order valence-corrected chi connectivity index (χ4v) is 4.42. The molecule has 1 atom stereocenters. The first-order valence-electron chi connectivity index (χ1n) is 6.87. The molecule has 0 radical (unpaired) electrons. The Bertz CT molecular complexity index is 614. The van der Waals surface area contributed by atoms with Crippen LogP contribution in [0.2, 0.25) is 0 Å². The van der Waals surface area contributed by atoms with Gasteiger partial charge in [-0.15, -0.1) is 11.3 Å². The van der Waals surface area contributed by atoms with E-state index in [4.69, 9.17) is 0 Å². The predicted molar refractivity (Wildman–Crippen MR) is 93.0 cm³/mol. The van der Waals surface area contributed by atoms with Crippen LogP contribution in [0.25, 0.3) is 0 Å². The van der Waals surface area contributed by atoms with E-state index in [1.807, 2.05) is 7.05 Å². The van der Waals surface area contributed by atoms with Gasteiger partial charge in [0, 0.05) is 4.88 Å². The summed E-state index contributed by atoms with van der Waals surface area (Å²) in [6, 6.07) is 4.60. The second-order valence-corrected chi connectivity index (χ2v) is 7.90. The largest absolute Gasteiger partial charge is 0.309 e. The van der Waals surface area contributed by atoms with Gasteiger partial charge in [-0.2, -0.15) is 0 Å². The fourth-order valence-electron chi connectivity index (χ4n) is 2.87. The quantitative estimate of drug-likeness (QED) is 0.784. The van der Waals surface area contributed by atoms with Crippen molar-refractivity contribution in [2.24, 2.45) is 0 Å². The zero-order chi connectivity index (χ0) is 15.0. The minimum Gasteiger partial charge on any atom is -0.309 e. The summed E-state index contributed by atoms with van der Waals surface area (Å²) in [4.78, 5) is 1.35. The van der Waals surface area contributed by atoms with Gasteiger partial charge in [-0.1, -0.05) is 0 Å². The second kappa shape index (κ2) is 6.00. The van der Waals surface area contributed by atoms with E-state index >= 15 is 0 Å². The topological polar surface area (TPSA) is 12.0 Å². The molecule has 1 aromatic heterocycles. The molecule has 3 heteroatoms. The molecular formula is C17H22BrNS. The van der Waals surface area contributed by atoms with Gasteiger partial charge in [-0.3, -0.25) is 0 Å². The van der Waals surface area contributed by atoms with Gasteiger partial charge in [0.05, 0.1) is 9.83 Å². The van der Waals surface area contributed by atoms with E-state index in [1.54, 1.807) is 11.3 Å². The first kappa shape index (κ1) is 15.7. The Morgan fingerprint density at radius 1 is 0.900 bits per heavy atom. The van der Waals surface area contributed by atoms with Gasteiger partial charge in [-0.05, 0) is 103 Å². The number of rotatable bonds is 3. The zero-order valence-corrected chi connectivity index (χ0v) is 15.4. The zero-order valence-electron chi connectivity index (χ0n) is 13.0. The monoisotopic (exact) mass is 351 g/mol. The normalized spacial score (nSPS) is 12.8. The fraction of sp³-hybridized carbons (Fsp3) is 0.412. The molecule has 0 bridgehead atoms. The highest BCUT2D eigenvalue weighted by atomic mass is 79.9. The third-order valence-corrected chi connectivity index (χ3v) is 6.20. The van der Waals surface area contributed by atoms with Crippen molar-refractivity contribution in [2.45, 2.75) is 40.7 Å². The van der Waals surface area contributed by atoms with Crippen molar-refractivity contribution in [3.05, 3.63) is 54.2 Å². The van der Waals surface area contributed by atoms with Gasteiger partial charge in [0.1, 0.15) is 0 Å². The highest BCUT2D eigenvalue weighted by molar-refractivity contribution is 9.11. The van der Waals surface area contributed by atoms with Crippen LogP contribution >= 0.6 is 27.3 Å². The van der Waals surface area contributed by atoms with Crippen LogP contribution in [-0.4, -0.2) is 7.05 Å². The number of halogens is 1. The van der Waals surface area contributed by atoms with Crippen molar-refractivity contribution in [2.75, 3.05) is 7.05 Å². The first-order valence-corrected chi connectivity index (χ1v) is 8.48. The Labute approximate surface area is 134 Å². The summed E-state index contributed by atoms with van der Waals surface area (Å²) >= 11 is 5.37. The van der Waals surface area contributed by atoms with E-state index in [2.05, 4.69) is 68.0 Å². The summed E-state index contributed by atoms with van der Waals surface area (Å²) in [7, 11) is 2.04. The molecule has 0 saturated heterocycles. The Balaban J connectivity index is 2.67. The van der Waals surface area contributed by atoms with Gasteiger partial charge in [0.2, 0.25) is 0 Å². The van der Waals surface area contributed by atoms with Crippen LogP contribution in [0.5, 0.6) is 0 Å². The molecule has 2 aromatic rings. The molecule has 1 nitrogen and oxygen atoms in total. The number of thiophene rings is 1. The molecule has 0 aliphatic carbocycles. The molecule has 0 aliphatic rings. The van der Waals surface area contributed by atoms with E-state index in [0.29, 0.717) is 0 Å². The summed E-state index contributed by atoms with van der Waals surface area (Å²) in [5.41, 5.74) is 8.51. The van der Waals surface area contributed by atoms with E-state index in [-0.39, 0.29) is 6.04 Å². The van der Waals surface area contributed by atoms with E-state index < -0.39 is 0 Å². The molecule has 0 aliphatic heterocycles. The van der Waals surface area contributed by atoms with Gasteiger partial charge in [-0.25, -0.2) is 0 Å². The van der Waals surface area contributed by atoms with Crippen LogP contribution in [0.4, 0.5) is 0 Å². The molecule has 1 unspecified atom stereocenters. The lowest BCUT2D eigenvalue weighted by molar-refractivity contribution is 0.692. The van der Waals surface area contributed by atoms with Crippen LogP contribution < -0.4 is 5.32 Å². The predicted octanol–water partition coefficient (Wildman–Crippen LogP) is 5.36. The third-order valence-electron chi connectivity index (χ3n) is 4.51. The molecule has 0 fully saturated rings. The SMILES string of the molecule is CNC(c1ccc(Br)s1)c1c(C)c(C)c(C)c(C)c1C. The van der Waals surface area contributed by atoms with E-state index in [1.165, 1.54) is 42.0 Å². The first-order chi connectivity index (χ1) is 9.38. The van der Waals surface area contributed by atoms with E-state index in [0.717, 1.165) is 0 Å². The van der Waals surface area contributed by atoms with E-state index in [9.17, 15) is 0 Å².